The van der Waals surface area contributed by atoms with Crippen LogP contribution >= 0.6 is 0 Å². The molecule has 3 N–H and O–H groups in total. The van der Waals surface area contributed by atoms with Gasteiger partial charge in [-0.3, -0.25) is 9.52 Å². The van der Waals surface area contributed by atoms with Crippen LogP contribution in [0.3, 0.4) is 0 Å². The summed E-state index contributed by atoms with van der Waals surface area (Å²) in [6.07, 6.45) is 2.35. The number of amides is 1. The fourth-order valence-corrected chi connectivity index (χ4v) is 3.93. The van der Waals surface area contributed by atoms with Crippen molar-refractivity contribution in [3.05, 3.63) is 54.1 Å². The van der Waals surface area contributed by atoms with Gasteiger partial charge in [-0.2, -0.15) is 0 Å². The second-order valence-corrected chi connectivity index (χ2v) is 7.98. The monoisotopic (exact) mass is 395 g/mol. The first-order valence-corrected chi connectivity index (χ1v) is 9.93. The summed E-state index contributed by atoms with van der Waals surface area (Å²) < 4.78 is 53.3. The lowest BCUT2D eigenvalue weighted by Crippen LogP contribution is -2.27. The molecule has 1 fully saturated rings. The van der Waals surface area contributed by atoms with E-state index in [-0.39, 0.29) is 22.5 Å². The molecule has 1 aliphatic rings. The van der Waals surface area contributed by atoms with Gasteiger partial charge < -0.3 is 10.6 Å². The van der Waals surface area contributed by atoms with E-state index >= 15 is 0 Å². The molecule has 2 aromatic rings. The van der Waals surface area contributed by atoms with Gasteiger partial charge in [0, 0.05) is 24.2 Å². The lowest BCUT2D eigenvalue weighted by molar-refractivity contribution is -0.116. The summed E-state index contributed by atoms with van der Waals surface area (Å²) in [4.78, 5) is 11.9. The van der Waals surface area contributed by atoms with E-state index in [0.29, 0.717) is 18.2 Å². The van der Waals surface area contributed by atoms with Crippen LogP contribution in [0, 0.1) is 11.6 Å². The number of rotatable bonds is 6. The zero-order valence-corrected chi connectivity index (χ0v) is 15.2. The first-order chi connectivity index (χ1) is 12.8. The van der Waals surface area contributed by atoms with Gasteiger partial charge in [0.15, 0.2) is 0 Å². The van der Waals surface area contributed by atoms with Crippen molar-refractivity contribution in [2.24, 2.45) is 0 Å². The van der Waals surface area contributed by atoms with Crippen LogP contribution < -0.4 is 15.4 Å². The topological polar surface area (TPSA) is 87.3 Å². The summed E-state index contributed by atoms with van der Waals surface area (Å²) in [6.45, 7) is 0.909. The normalized spacial score (nSPS) is 16.9. The Morgan fingerprint density at radius 3 is 2.52 bits per heavy atom. The minimum atomic E-state index is -4.05. The van der Waals surface area contributed by atoms with E-state index in [2.05, 4.69) is 15.4 Å². The molecule has 0 aromatic heterocycles. The number of carbonyl (C=O) groups excluding carboxylic acids is 1. The second-order valence-electron chi connectivity index (χ2n) is 6.30. The average Bonchev–Trinajstić information content (AvgIpc) is 3.10. The van der Waals surface area contributed by atoms with Crippen molar-refractivity contribution in [3.63, 3.8) is 0 Å². The van der Waals surface area contributed by atoms with Crippen molar-refractivity contribution in [2.45, 2.75) is 30.2 Å². The highest BCUT2D eigenvalue weighted by Gasteiger charge is 2.19. The molecule has 9 heteroatoms. The maximum absolute atomic E-state index is 13.7. The van der Waals surface area contributed by atoms with Gasteiger partial charge in [-0.25, -0.2) is 17.2 Å². The van der Waals surface area contributed by atoms with Crippen LogP contribution in [0.25, 0.3) is 0 Å². The maximum atomic E-state index is 13.7. The van der Waals surface area contributed by atoms with Crippen molar-refractivity contribution in [1.82, 2.24) is 5.32 Å². The largest absolute Gasteiger partial charge is 0.326 e. The first-order valence-electron chi connectivity index (χ1n) is 8.45. The number of hydrogen-bond donors (Lipinski definition) is 3. The quantitative estimate of drug-likeness (QED) is 0.702. The van der Waals surface area contributed by atoms with E-state index in [1.54, 1.807) is 0 Å². The van der Waals surface area contributed by atoms with Crippen LogP contribution in [-0.4, -0.2) is 26.9 Å². The fourth-order valence-electron chi connectivity index (χ4n) is 2.86. The maximum Gasteiger partial charge on any atom is 0.261 e. The molecule has 6 nitrogen and oxygen atoms in total. The summed E-state index contributed by atoms with van der Waals surface area (Å²) >= 11 is 0. The van der Waals surface area contributed by atoms with Crippen molar-refractivity contribution in [1.29, 1.82) is 0 Å². The molecular formula is C18H19F2N3O3S. The van der Waals surface area contributed by atoms with E-state index in [9.17, 15) is 22.0 Å². The van der Waals surface area contributed by atoms with Crippen molar-refractivity contribution >= 4 is 27.3 Å². The summed E-state index contributed by atoms with van der Waals surface area (Å²) in [5, 5.41) is 5.95. The third-order valence-corrected chi connectivity index (χ3v) is 5.60. The van der Waals surface area contributed by atoms with Crippen LogP contribution in [0.5, 0.6) is 0 Å². The van der Waals surface area contributed by atoms with Gasteiger partial charge in [0.05, 0.1) is 10.6 Å². The van der Waals surface area contributed by atoms with Gasteiger partial charge in [-0.1, -0.05) is 0 Å². The van der Waals surface area contributed by atoms with Gasteiger partial charge in [0.2, 0.25) is 5.91 Å². The molecule has 2 aromatic carbocycles. The molecule has 1 atom stereocenters. The number of anilines is 2. The van der Waals surface area contributed by atoms with Gasteiger partial charge >= 0.3 is 0 Å². The molecule has 0 spiro atoms. The van der Waals surface area contributed by atoms with Crippen LogP contribution in [0.15, 0.2) is 47.4 Å². The molecule has 1 aliphatic heterocycles. The number of sulfonamides is 1. The van der Waals surface area contributed by atoms with E-state index in [1.165, 1.54) is 24.3 Å². The number of hydrogen-bond acceptors (Lipinski definition) is 4. The number of benzene rings is 2. The number of nitrogens with one attached hydrogen (secondary N) is 3. The molecule has 0 aliphatic carbocycles. The van der Waals surface area contributed by atoms with Crippen LogP contribution in [0.2, 0.25) is 0 Å². The van der Waals surface area contributed by atoms with E-state index in [1.807, 2.05) is 0 Å². The van der Waals surface area contributed by atoms with Crippen LogP contribution in [0.1, 0.15) is 19.3 Å². The third-order valence-electron chi connectivity index (χ3n) is 4.22. The molecule has 1 unspecified atom stereocenters. The zero-order chi connectivity index (χ0) is 19.4. The van der Waals surface area contributed by atoms with Crippen molar-refractivity contribution < 1.29 is 22.0 Å². The Labute approximate surface area is 156 Å². The number of halogens is 2. The molecule has 1 heterocycles. The molecule has 0 saturated carbocycles. The summed E-state index contributed by atoms with van der Waals surface area (Å²) in [5.74, 6) is -1.97. The average molecular weight is 395 g/mol. The highest BCUT2D eigenvalue weighted by Crippen LogP contribution is 2.21. The zero-order valence-electron chi connectivity index (χ0n) is 14.3. The highest BCUT2D eigenvalue weighted by molar-refractivity contribution is 7.92. The van der Waals surface area contributed by atoms with Gasteiger partial charge in [0.25, 0.3) is 10.0 Å². The van der Waals surface area contributed by atoms with Crippen molar-refractivity contribution in [2.75, 3.05) is 16.6 Å². The Kier molecular flexibility index (Phi) is 5.71. The summed E-state index contributed by atoms with van der Waals surface area (Å²) in [6, 6.07) is 8.23. The predicted molar refractivity (Wildman–Crippen MR) is 97.9 cm³/mol. The molecule has 27 heavy (non-hydrogen) atoms. The molecule has 0 radical (unpaired) electrons. The summed E-state index contributed by atoms with van der Waals surface area (Å²) in [5.41, 5.74) is 0.114. The Morgan fingerprint density at radius 2 is 1.89 bits per heavy atom. The SMILES string of the molecule is O=C(CC1CCCN1)Nc1ccc(S(=O)(=O)Nc2ccc(F)cc2F)cc1. The molecular weight excluding hydrogens is 376 g/mol. The van der Waals surface area contributed by atoms with Crippen molar-refractivity contribution in [3.8, 4) is 0 Å². The Balaban J connectivity index is 1.65. The predicted octanol–water partition coefficient (Wildman–Crippen LogP) is 2.85. The van der Waals surface area contributed by atoms with Gasteiger partial charge in [0.1, 0.15) is 11.6 Å². The minimum absolute atomic E-state index is 0.110. The minimum Gasteiger partial charge on any atom is -0.326 e. The smallest absolute Gasteiger partial charge is 0.261 e. The highest BCUT2D eigenvalue weighted by atomic mass is 32.2. The second kappa shape index (κ2) is 8.01. The Hall–Kier alpha value is -2.52. The first kappa shape index (κ1) is 19.2. The lowest BCUT2D eigenvalue weighted by atomic mass is 10.1. The van der Waals surface area contributed by atoms with E-state index in [0.717, 1.165) is 31.5 Å². The van der Waals surface area contributed by atoms with Crippen LogP contribution in [-0.2, 0) is 14.8 Å². The van der Waals surface area contributed by atoms with Crippen LogP contribution in [0.4, 0.5) is 20.2 Å². The van der Waals surface area contributed by atoms with Gasteiger partial charge in [-0.15, -0.1) is 0 Å². The number of carbonyl (C=O) groups is 1. The Morgan fingerprint density at radius 1 is 1.15 bits per heavy atom. The Bertz CT molecular complexity index is 927. The van der Waals surface area contributed by atoms with E-state index in [4.69, 9.17) is 0 Å². The summed E-state index contributed by atoms with van der Waals surface area (Å²) in [7, 11) is -4.05. The lowest BCUT2D eigenvalue weighted by Gasteiger charge is -2.12. The molecule has 3 rings (SSSR count). The fraction of sp³-hybridized carbons (Fsp3) is 0.278. The molecule has 1 amide bonds. The molecule has 144 valence electrons. The van der Waals surface area contributed by atoms with Gasteiger partial charge in [-0.05, 0) is 55.8 Å². The van der Waals surface area contributed by atoms with E-state index < -0.39 is 21.7 Å². The molecule has 0 bridgehead atoms. The third kappa shape index (κ3) is 5.01. The standard InChI is InChI=1S/C18H19F2N3O3S/c19-12-3-8-17(16(20)10-12)23-27(25,26)15-6-4-13(5-7-15)22-18(24)11-14-2-1-9-21-14/h3-8,10,14,21,23H,1-2,9,11H2,(H,22,24). The molecule has 1 saturated heterocycles.